The molecule has 1 N–H and O–H groups in total. The molecule has 4 heterocycles. The van der Waals surface area contributed by atoms with Gasteiger partial charge in [0, 0.05) is 11.2 Å². The average molecular weight is 613 g/mol. The van der Waals surface area contributed by atoms with Crippen molar-refractivity contribution in [3.63, 3.8) is 0 Å². The van der Waals surface area contributed by atoms with E-state index in [9.17, 15) is 4.79 Å². The van der Waals surface area contributed by atoms with Crippen LogP contribution >= 0.6 is 17.1 Å². The van der Waals surface area contributed by atoms with Gasteiger partial charge in [-0.1, -0.05) is 44.3 Å². The molecule has 0 radical (unpaired) electrons. The summed E-state index contributed by atoms with van der Waals surface area (Å²) >= 11 is 7.76. The summed E-state index contributed by atoms with van der Waals surface area (Å²) in [5, 5.41) is 0.0355. The molecule has 0 spiro atoms. The van der Waals surface area contributed by atoms with Crippen molar-refractivity contribution in [1.29, 1.82) is 0 Å². The normalized spacial score (nSPS) is 35.4. The molecule has 2 aromatic heterocycles. The summed E-state index contributed by atoms with van der Waals surface area (Å²) < 4.78 is 28.2. The maximum absolute atomic E-state index is 12.2. The summed E-state index contributed by atoms with van der Waals surface area (Å²) in [6.07, 6.45) is 5.84. The molecule has 216 valence electrons. The minimum atomic E-state index is -2.57. The van der Waals surface area contributed by atoms with E-state index in [-0.39, 0.29) is 52.0 Å². The van der Waals surface area contributed by atoms with Gasteiger partial charge >= 0.3 is 0 Å². The van der Waals surface area contributed by atoms with E-state index in [4.69, 9.17) is 30.0 Å². The van der Waals surface area contributed by atoms with Crippen molar-refractivity contribution in [3.05, 3.63) is 35.2 Å². The van der Waals surface area contributed by atoms with E-state index >= 15 is 0 Å². The van der Waals surface area contributed by atoms with Gasteiger partial charge in [0.25, 0.3) is 5.56 Å². The quantitative estimate of drug-likeness (QED) is 0.219. The van der Waals surface area contributed by atoms with Gasteiger partial charge in [0.05, 0.1) is 31.5 Å². The first-order valence-corrected chi connectivity index (χ1v) is 20.6. The van der Waals surface area contributed by atoms with Crippen LogP contribution in [0.2, 0.25) is 18.1 Å². The fourth-order valence-corrected chi connectivity index (χ4v) is 13.9. The number of fused-ring (bicyclic) bond motifs is 2. The molecule has 2 aromatic rings. The molecule has 1 aliphatic carbocycles. The summed E-state index contributed by atoms with van der Waals surface area (Å²) in [7, 11) is -2.12. The molecule has 7 atom stereocenters. The number of hydrogen-bond donors (Lipinski definition) is 1. The predicted molar refractivity (Wildman–Crippen MR) is 162 cm³/mol. The standard InChI is InChI=1S/C26H41N4O5PS2Si/c1-16(2)17-9-10-26(6)20(11-17)34-36(37,38-26)32-13-19-18(35-39(7,8)25(3,4)5)12-21(33-19)30-15-29-22-23(30)27-14-28-24(22)31/h14-15,17-21H,1,9-13H2,2-8H3,(H,27,28,31)/t17-,18+,19-,20+,21-,26+,36?/m1/s1. The second-order valence-corrected chi connectivity index (χ2v) is 24.3. The van der Waals surface area contributed by atoms with Gasteiger partial charge in [0.15, 0.2) is 19.5 Å². The molecule has 1 saturated carbocycles. The maximum Gasteiger partial charge on any atom is 0.278 e. The molecule has 13 heteroatoms. The molecule has 0 amide bonds. The zero-order chi connectivity index (χ0) is 28.4. The van der Waals surface area contributed by atoms with Crippen molar-refractivity contribution < 1.29 is 18.2 Å². The smallest absolute Gasteiger partial charge is 0.278 e. The van der Waals surface area contributed by atoms with Crippen LogP contribution in [0.25, 0.3) is 11.2 Å². The molecule has 0 aromatic carbocycles. The third kappa shape index (κ3) is 5.77. The van der Waals surface area contributed by atoms with E-state index in [1.165, 1.54) is 11.9 Å². The number of nitrogens with one attached hydrogen (secondary N) is 1. The van der Waals surface area contributed by atoms with Gasteiger partial charge in [-0.25, -0.2) is 9.97 Å². The number of H-pyrrole nitrogens is 1. The van der Waals surface area contributed by atoms with E-state index in [0.29, 0.717) is 18.0 Å². The zero-order valence-electron chi connectivity index (χ0n) is 23.9. The van der Waals surface area contributed by atoms with Crippen LogP contribution in [0, 0.1) is 5.92 Å². The van der Waals surface area contributed by atoms with Gasteiger partial charge in [0.1, 0.15) is 12.3 Å². The third-order valence-corrected chi connectivity index (χ3v) is 19.3. The highest BCUT2D eigenvalue weighted by Gasteiger charge is 2.54. The molecule has 3 fully saturated rings. The summed E-state index contributed by atoms with van der Waals surface area (Å²) in [6, 6.07) is 0. The number of imidazole rings is 1. The highest BCUT2D eigenvalue weighted by atomic mass is 32.9. The number of allylic oxidation sites excluding steroid dienone is 1. The summed E-state index contributed by atoms with van der Waals surface area (Å²) in [6.45, 7) is 20.0. The molecule has 5 rings (SSSR count). The lowest BCUT2D eigenvalue weighted by atomic mass is 9.77. The molecular formula is C26H41N4O5PS2Si. The summed E-state index contributed by atoms with van der Waals surface area (Å²) in [4.78, 5) is 23.5. The lowest BCUT2D eigenvalue weighted by molar-refractivity contribution is -0.0367. The first-order chi connectivity index (χ1) is 18.1. The van der Waals surface area contributed by atoms with Gasteiger partial charge in [-0.3, -0.25) is 9.36 Å². The zero-order valence-corrected chi connectivity index (χ0v) is 27.5. The number of ether oxygens (including phenoxy) is 1. The molecule has 1 unspecified atom stereocenters. The average Bonchev–Trinajstić information content (AvgIpc) is 3.49. The first kappa shape index (κ1) is 29.6. The van der Waals surface area contributed by atoms with Gasteiger partial charge in [-0.15, -0.1) is 0 Å². The van der Waals surface area contributed by atoms with Crippen molar-refractivity contribution in [2.45, 2.75) is 108 Å². The Kier molecular flexibility index (Phi) is 7.94. The molecule has 0 bridgehead atoms. The monoisotopic (exact) mass is 612 g/mol. The van der Waals surface area contributed by atoms with E-state index in [2.05, 4.69) is 69.2 Å². The van der Waals surface area contributed by atoms with Gasteiger partial charge in [-0.2, -0.15) is 0 Å². The van der Waals surface area contributed by atoms with E-state index in [1.54, 1.807) is 17.7 Å². The van der Waals surface area contributed by atoms with Crippen LogP contribution in [0.4, 0.5) is 0 Å². The van der Waals surface area contributed by atoms with Crippen LogP contribution in [0.15, 0.2) is 29.6 Å². The lowest BCUT2D eigenvalue weighted by Gasteiger charge is -2.39. The SMILES string of the molecule is C=C(C)[C@@H]1CC[C@]2(C)SP(=S)(OC[C@H]3O[C@@H](n4cnc5c(=O)[nH]cnc54)C[C@@H]3O[Si](C)(C)C(C)(C)C)O[C@H]2C1. The number of nitrogens with zero attached hydrogens (tertiary/aromatic N) is 3. The van der Waals surface area contributed by atoms with Crippen molar-refractivity contribution in [1.82, 2.24) is 19.5 Å². The van der Waals surface area contributed by atoms with Crippen LogP contribution in [0.5, 0.6) is 0 Å². The van der Waals surface area contributed by atoms with E-state index in [1.807, 2.05) is 4.57 Å². The van der Waals surface area contributed by atoms with Crippen LogP contribution in [0.1, 0.15) is 66.5 Å². The van der Waals surface area contributed by atoms with Crippen LogP contribution in [-0.4, -0.2) is 57.5 Å². The topological polar surface area (TPSA) is 100 Å². The van der Waals surface area contributed by atoms with Crippen LogP contribution in [0.3, 0.4) is 0 Å². The van der Waals surface area contributed by atoms with Crippen molar-refractivity contribution >= 4 is 48.4 Å². The second-order valence-electron chi connectivity index (χ2n) is 12.9. The number of aromatic nitrogens is 4. The summed E-state index contributed by atoms with van der Waals surface area (Å²) in [5.74, 6) is 0.470. The maximum atomic E-state index is 12.2. The number of rotatable bonds is 7. The van der Waals surface area contributed by atoms with Crippen molar-refractivity contribution in [3.8, 4) is 0 Å². The Morgan fingerprint density at radius 1 is 1.38 bits per heavy atom. The number of aromatic amines is 1. The van der Waals surface area contributed by atoms with Gasteiger partial charge in [0.2, 0.25) is 5.69 Å². The van der Waals surface area contributed by atoms with Crippen molar-refractivity contribution in [2.75, 3.05) is 6.61 Å². The molecule has 9 nitrogen and oxygen atoms in total. The minimum Gasteiger partial charge on any atom is -0.411 e. The van der Waals surface area contributed by atoms with Crippen LogP contribution in [-0.2, 0) is 30.0 Å². The third-order valence-electron chi connectivity index (χ3n) is 8.95. The summed E-state index contributed by atoms with van der Waals surface area (Å²) in [5.41, 5.74) is -0.850. The second kappa shape index (κ2) is 10.5. The fraction of sp³-hybridized carbons (Fsp3) is 0.731. The Morgan fingerprint density at radius 3 is 2.82 bits per heavy atom. The molecular weight excluding hydrogens is 572 g/mol. The van der Waals surface area contributed by atoms with E-state index in [0.717, 1.165) is 19.3 Å². The Bertz CT molecular complexity index is 1360. The Labute approximate surface area is 240 Å². The highest BCUT2D eigenvalue weighted by Crippen LogP contribution is 2.75. The lowest BCUT2D eigenvalue weighted by Crippen LogP contribution is -2.46. The molecule has 2 aliphatic heterocycles. The Hall–Kier alpha value is -0.853. The molecule has 2 saturated heterocycles. The van der Waals surface area contributed by atoms with Gasteiger partial charge < -0.3 is 23.2 Å². The predicted octanol–water partition coefficient (Wildman–Crippen LogP) is 6.31. The van der Waals surface area contributed by atoms with Crippen LogP contribution < -0.4 is 5.56 Å². The Morgan fingerprint density at radius 2 is 2.13 bits per heavy atom. The van der Waals surface area contributed by atoms with Gasteiger partial charge in [-0.05, 0) is 69.0 Å². The highest BCUT2D eigenvalue weighted by molar-refractivity contribution is 8.68. The van der Waals surface area contributed by atoms with Crippen molar-refractivity contribution in [2.24, 2.45) is 5.92 Å². The minimum absolute atomic E-state index is 0.0355. The fourth-order valence-electron chi connectivity index (χ4n) is 5.38. The first-order valence-electron chi connectivity index (χ1n) is 13.6. The Balaban J connectivity index is 1.35. The largest absolute Gasteiger partial charge is 0.411 e. The molecule has 39 heavy (non-hydrogen) atoms. The molecule has 3 aliphatic rings. The number of hydrogen-bond acceptors (Lipinski definition) is 9. The van der Waals surface area contributed by atoms with E-state index < -0.39 is 14.0 Å².